The molecule has 4 fully saturated rings. The molecule has 4 unspecified atom stereocenters. The zero-order valence-electron chi connectivity index (χ0n) is 11.6. The van der Waals surface area contributed by atoms with Crippen LogP contribution in [0.3, 0.4) is 0 Å². The van der Waals surface area contributed by atoms with Crippen molar-refractivity contribution in [2.45, 2.75) is 51.4 Å². The minimum atomic E-state index is -0.543. The minimum absolute atomic E-state index is 0.225. The molecule has 1 aliphatic heterocycles. The first-order chi connectivity index (χ1) is 9.26. The maximum atomic E-state index is 13.0. The van der Waals surface area contributed by atoms with Gasteiger partial charge in [-0.1, -0.05) is 6.42 Å². The first-order valence-corrected chi connectivity index (χ1v) is 8.09. The van der Waals surface area contributed by atoms with Gasteiger partial charge in [-0.05, 0) is 56.3 Å². The van der Waals surface area contributed by atoms with Crippen LogP contribution < -0.4 is 0 Å². The Morgan fingerprint density at radius 3 is 2.53 bits per heavy atom. The fourth-order valence-corrected chi connectivity index (χ4v) is 5.67. The maximum Gasteiger partial charge on any atom is 0.236 e. The van der Waals surface area contributed by atoms with Crippen LogP contribution in [0.4, 0.5) is 0 Å². The summed E-state index contributed by atoms with van der Waals surface area (Å²) in [6.45, 7) is 1.77. The van der Waals surface area contributed by atoms with E-state index >= 15 is 0 Å². The van der Waals surface area contributed by atoms with E-state index in [0.29, 0.717) is 24.2 Å². The Labute approximate surface area is 114 Å². The SMILES string of the molecule is O=C1CCC2C3CCCC3C12C(=O)N1CCCCC1. The van der Waals surface area contributed by atoms with Crippen molar-refractivity contribution in [3.05, 3.63) is 0 Å². The third-order valence-electron chi connectivity index (χ3n) is 6.40. The number of carbonyl (C=O) groups is 2. The second-order valence-electron chi connectivity index (χ2n) is 6.99. The lowest BCUT2D eigenvalue weighted by atomic mass is 9.48. The second-order valence-corrected chi connectivity index (χ2v) is 6.99. The molecule has 19 heavy (non-hydrogen) atoms. The average Bonchev–Trinajstić information content (AvgIpc) is 2.96. The van der Waals surface area contributed by atoms with Crippen LogP contribution in [0.2, 0.25) is 0 Å². The molecule has 0 bridgehead atoms. The van der Waals surface area contributed by atoms with Crippen LogP contribution in [0.25, 0.3) is 0 Å². The first kappa shape index (κ1) is 11.9. The molecule has 4 rings (SSSR count). The van der Waals surface area contributed by atoms with Crippen LogP contribution >= 0.6 is 0 Å². The molecule has 0 aromatic carbocycles. The molecule has 0 N–H and O–H groups in total. The van der Waals surface area contributed by atoms with Crippen molar-refractivity contribution in [2.24, 2.45) is 23.2 Å². The van der Waals surface area contributed by atoms with Gasteiger partial charge in [-0.25, -0.2) is 0 Å². The van der Waals surface area contributed by atoms with Gasteiger partial charge in [0, 0.05) is 19.5 Å². The molecule has 0 radical (unpaired) electrons. The van der Waals surface area contributed by atoms with Gasteiger partial charge in [-0.2, -0.15) is 0 Å². The van der Waals surface area contributed by atoms with Crippen molar-refractivity contribution >= 4 is 11.7 Å². The van der Waals surface area contributed by atoms with Crippen LogP contribution in [0.1, 0.15) is 51.4 Å². The Kier molecular flexibility index (Phi) is 2.55. The van der Waals surface area contributed by atoms with Crippen molar-refractivity contribution < 1.29 is 9.59 Å². The van der Waals surface area contributed by atoms with Crippen LogP contribution in [0.15, 0.2) is 0 Å². The topological polar surface area (TPSA) is 37.4 Å². The lowest BCUT2D eigenvalue weighted by molar-refractivity contribution is -0.174. The van der Waals surface area contributed by atoms with Crippen molar-refractivity contribution in [3.63, 3.8) is 0 Å². The van der Waals surface area contributed by atoms with E-state index in [0.717, 1.165) is 38.8 Å². The molecule has 0 spiro atoms. The van der Waals surface area contributed by atoms with E-state index in [9.17, 15) is 9.59 Å². The van der Waals surface area contributed by atoms with Crippen LogP contribution in [-0.4, -0.2) is 29.7 Å². The van der Waals surface area contributed by atoms with Crippen molar-refractivity contribution in [3.8, 4) is 0 Å². The molecule has 104 valence electrons. The molecule has 4 atom stereocenters. The highest BCUT2D eigenvalue weighted by Crippen LogP contribution is 2.68. The highest BCUT2D eigenvalue weighted by Gasteiger charge is 2.73. The number of ketones is 1. The summed E-state index contributed by atoms with van der Waals surface area (Å²) < 4.78 is 0. The normalized spacial score (nSPS) is 44.7. The van der Waals surface area contributed by atoms with E-state index in [1.54, 1.807) is 0 Å². The fraction of sp³-hybridized carbons (Fsp3) is 0.875. The lowest BCUT2D eigenvalue weighted by Crippen LogP contribution is -2.64. The van der Waals surface area contributed by atoms with Crippen molar-refractivity contribution in [1.82, 2.24) is 4.90 Å². The summed E-state index contributed by atoms with van der Waals surface area (Å²) in [4.78, 5) is 27.6. The standard InChI is InChI=1S/C16H23NO2/c18-14-8-7-13-11-5-4-6-12(11)16(13,14)15(19)17-9-2-1-3-10-17/h11-13H,1-10H2. The molecular weight excluding hydrogens is 238 g/mol. The van der Waals surface area contributed by atoms with Gasteiger partial charge in [0.15, 0.2) is 0 Å². The van der Waals surface area contributed by atoms with E-state index in [1.165, 1.54) is 19.3 Å². The second kappa shape index (κ2) is 4.07. The highest BCUT2D eigenvalue weighted by molar-refractivity contribution is 6.09. The number of piperidine rings is 1. The van der Waals surface area contributed by atoms with Gasteiger partial charge in [0.05, 0.1) is 0 Å². The highest BCUT2D eigenvalue weighted by atomic mass is 16.2. The number of Topliss-reactive ketones (excluding diaryl/α,β-unsaturated/α-hetero) is 1. The number of nitrogens with zero attached hydrogens (tertiary/aromatic N) is 1. The number of hydrogen-bond donors (Lipinski definition) is 0. The molecule has 3 nitrogen and oxygen atoms in total. The minimum Gasteiger partial charge on any atom is -0.342 e. The molecule has 0 aromatic heterocycles. The van der Waals surface area contributed by atoms with E-state index in [4.69, 9.17) is 0 Å². The fourth-order valence-electron chi connectivity index (χ4n) is 5.67. The van der Waals surface area contributed by atoms with Gasteiger partial charge in [0.1, 0.15) is 11.2 Å². The average molecular weight is 261 g/mol. The number of fused-ring (bicyclic) bond motifs is 4. The van der Waals surface area contributed by atoms with Gasteiger partial charge in [0.25, 0.3) is 0 Å². The molecular formula is C16H23NO2. The summed E-state index contributed by atoms with van der Waals surface area (Å²) >= 11 is 0. The van der Waals surface area contributed by atoms with E-state index in [1.807, 2.05) is 4.90 Å². The van der Waals surface area contributed by atoms with Gasteiger partial charge < -0.3 is 4.90 Å². The molecule has 3 aliphatic carbocycles. The van der Waals surface area contributed by atoms with Gasteiger partial charge in [0.2, 0.25) is 5.91 Å². The van der Waals surface area contributed by atoms with E-state index in [-0.39, 0.29) is 11.7 Å². The van der Waals surface area contributed by atoms with Gasteiger partial charge >= 0.3 is 0 Å². The van der Waals surface area contributed by atoms with Gasteiger partial charge in [-0.3, -0.25) is 9.59 Å². The molecule has 1 heterocycles. The summed E-state index contributed by atoms with van der Waals surface area (Å²) in [5.74, 6) is 2.02. The van der Waals surface area contributed by atoms with Crippen LogP contribution in [0, 0.1) is 23.2 Å². The number of amides is 1. The predicted molar refractivity (Wildman–Crippen MR) is 71.4 cm³/mol. The smallest absolute Gasteiger partial charge is 0.236 e. The summed E-state index contributed by atoms with van der Waals surface area (Å²) in [6.07, 6.45) is 8.73. The molecule has 3 saturated carbocycles. The summed E-state index contributed by atoms with van der Waals surface area (Å²) in [5.41, 5.74) is -0.543. The predicted octanol–water partition coefficient (Wildman–Crippen LogP) is 2.39. The largest absolute Gasteiger partial charge is 0.342 e. The lowest BCUT2D eigenvalue weighted by Gasteiger charge is -2.55. The van der Waals surface area contributed by atoms with Gasteiger partial charge in [-0.15, -0.1) is 0 Å². The number of likely N-dealkylation sites (tertiary alicyclic amines) is 1. The Morgan fingerprint density at radius 1 is 1.00 bits per heavy atom. The Balaban J connectivity index is 1.66. The van der Waals surface area contributed by atoms with Crippen molar-refractivity contribution in [2.75, 3.05) is 13.1 Å². The number of carbonyl (C=O) groups excluding carboxylic acids is 2. The van der Waals surface area contributed by atoms with Crippen LogP contribution in [-0.2, 0) is 9.59 Å². The first-order valence-electron chi connectivity index (χ1n) is 8.09. The van der Waals surface area contributed by atoms with E-state index < -0.39 is 5.41 Å². The number of hydrogen-bond acceptors (Lipinski definition) is 2. The Morgan fingerprint density at radius 2 is 1.74 bits per heavy atom. The monoisotopic (exact) mass is 261 g/mol. The van der Waals surface area contributed by atoms with E-state index in [2.05, 4.69) is 0 Å². The molecule has 1 amide bonds. The third kappa shape index (κ3) is 1.34. The van der Waals surface area contributed by atoms with Crippen LogP contribution in [0.5, 0.6) is 0 Å². The summed E-state index contributed by atoms with van der Waals surface area (Å²) in [7, 11) is 0. The van der Waals surface area contributed by atoms with Crippen molar-refractivity contribution in [1.29, 1.82) is 0 Å². The molecule has 3 heteroatoms. The molecule has 0 aromatic rings. The zero-order chi connectivity index (χ0) is 13.0. The number of rotatable bonds is 1. The Hall–Kier alpha value is -0.860. The third-order valence-corrected chi connectivity index (χ3v) is 6.40. The summed E-state index contributed by atoms with van der Waals surface area (Å²) in [6, 6.07) is 0. The Bertz CT molecular complexity index is 418. The molecule has 1 saturated heterocycles. The quantitative estimate of drug-likeness (QED) is 0.680. The zero-order valence-corrected chi connectivity index (χ0v) is 11.6. The maximum absolute atomic E-state index is 13.0. The summed E-state index contributed by atoms with van der Waals surface area (Å²) in [5, 5.41) is 0. The molecule has 4 aliphatic rings.